The highest BCUT2D eigenvalue weighted by atomic mass is 16.1. The van der Waals surface area contributed by atoms with Crippen LogP contribution in [-0.4, -0.2) is 54.9 Å². The zero-order chi connectivity index (χ0) is 9.97. The van der Waals surface area contributed by atoms with Crippen molar-refractivity contribution in [3.8, 4) is 0 Å². The van der Waals surface area contributed by atoms with Crippen LogP contribution in [0.1, 0.15) is 25.7 Å². The molecule has 0 aliphatic carbocycles. The van der Waals surface area contributed by atoms with Gasteiger partial charge in [0, 0.05) is 31.6 Å². The molecule has 80 valence electrons. The van der Waals surface area contributed by atoms with E-state index in [0.29, 0.717) is 6.42 Å². The van der Waals surface area contributed by atoms with Crippen LogP contribution >= 0.6 is 0 Å². The molecule has 0 radical (unpaired) electrons. The second-order valence-electron chi connectivity index (χ2n) is 4.60. The number of likely N-dealkylation sites (tertiary alicyclic amines) is 1. The second kappa shape index (κ2) is 4.41. The fraction of sp³-hybridized carbons (Fsp3) is 0.909. The minimum atomic E-state index is 0.696. The zero-order valence-electron chi connectivity index (χ0n) is 8.98. The van der Waals surface area contributed by atoms with E-state index in [1.807, 2.05) is 0 Å². The number of hydrogen-bond donors (Lipinski definition) is 0. The molecule has 0 saturated carbocycles. The van der Waals surface area contributed by atoms with E-state index in [9.17, 15) is 4.79 Å². The van der Waals surface area contributed by atoms with Crippen LogP contribution in [0.4, 0.5) is 0 Å². The van der Waals surface area contributed by atoms with E-state index in [4.69, 9.17) is 0 Å². The van der Waals surface area contributed by atoms with Crippen molar-refractivity contribution < 1.29 is 4.79 Å². The van der Waals surface area contributed by atoms with E-state index in [2.05, 4.69) is 16.8 Å². The van der Waals surface area contributed by atoms with Crippen LogP contribution in [0.5, 0.6) is 0 Å². The maximum Gasteiger partial charge on any atom is 0.121 e. The van der Waals surface area contributed by atoms with Crippen molar-refractivity contribution in [1.29, 1.82) is 0 Å². The van der Waals surface area contributed by atoms with Gasteiger partial charge in [-0.2, -0.15) is 0 Å². The van der Waals surface area contributed by atoms with Gasteiger partial charge in [-0.1, -0.05) is 0 Å². The Balaban J connectivity index is 1.89. The van der Waals surface area contributed by atoms with Gasteiger partial charge in [0.2, 0.25) is 0 Å². The van der Waals surface area contributed by atoms with Crippen LogP contribution in [0, 0.1) is 0 Å². The molecule has 2 aliphatic rings. The summed E-state index contributed by atoms with van der Waals surface area (Å²) in [5, 5.41) is 0. The van der Waals surface area contributed by atoms with E-state index >= 15 is 0 Å². The van der Waals surface area contributed by atoms with Crippen molar-refractivity contribution in [2.24, 2.45) is 0 Å². The summed E-state index contributed by atoms with van der Waals surface area (Å²) in [6.45, 7) is 3.31. The van der Waals surface area contributed by atoms with Crippen molar-refractivity contribution in [3.05, 3.63) is 0 Å². The molecule has 0 aromatic carbocycles. The van der Waals surface area contributed by atoms with Crippen molar-refractivity contribution >= 4 is 6.29 Å². The summed E-state index contributed by atoms with van der Waals surface area (Å²) < 4.78 is 0. The topological polar surface area (TPSA) is 23.6 Å². The Morgan fingerprint density at radius 1 is 1.29 bits per heavy atom. The van der Waals surface area contributed by atoms with Gasteiger partial charge in [-0.05, 0) is 32.9 Å². The normalized spacial score (nSPS) is 34.4. The maximum absolute atomic E-state index is 10.3. The lowest BCUT2D eigenvalue weighted by Crippen LogP contribution is -2.37. The van der Waals surface area contributed by atoms with Gasteiger partial charge in [-0.25, -0.2) is 0 Å². The molecule has 0 spiro atoms. The zero-order valence-corrected chi connectivity index (χ0v) is 8.98. The van der Waals surface area contributed by atoms with Crippen LogP contribution < -0.4 is 0 Å². The molecule has 0 aromatic rings. The van der Waals surface area contributed by atoms with Crippen LogP contribution in [0.3, 0.4) is 0 Å². The number of carbonyl (C=O) groups is 1. The third kappa shape index (κ3) is 1.98. The van der Waals surface area contributed by atoms with Gasteiger partial charge in [0.25, 0.3) is 0 Å². The third-order valence-electron chi connectivity index (χ3n) is 3.80. The number of hydrogen-bond acceptors (Lipinski definition) is 3. The first-order chi connectivity index (χ1) is 6.81. The quantitative estimate of drug-likeness (QED) is 0.622. The van der Waals surface area contributed by atoms with E-state index in [-0.39, 0.29) is 0 Å². The lowest BCUT2D eigenvalue weighted by Gasteiger charge is -2.24. The lowest BCUT2D eigenvalue weighted by atomic mass is 10.1. The van der Waals surface area contributed by atoms with Gasteiger partial charge < -0.3 is 9.69 Å². The van der Waals surface area contributed by atoms with E-state index in [1.165, 1.54) is 32.4 Å². The Hall–Kier alpha value is -0.410. The fourth-order valence-corrected chi connectivity index (χ4v) is 2.82. The predicted molar refractivity (Wildman–Crippen MR) is 56.3 cm³/mol. The molecular weight excluding hydrogens is 176 g/mol. The maximum atomic E-state index is 10.3. The van der Waals surface area contributed by atoms with Crippen LogP contribution in [0.15, 0.2) is 0 Å². The largest absolute Gasteiger partial charge is 0.303 e. The van der Waals surface area contributed by atoms with Crippen molar-refractivity contribution in [2.75, 3.05) is 26.7 Å². The average Bonchev–Trinajstić information content (AvgIpc) is 2.40. The SMILES string of the molecule is CN1C2CCC1CN(CCC=O)CC2. The molecule has 3 nitrogen and oxygen atoms in total. The highest BCUT2D eigenvalue weighted by molar-refractivity contribution is 5.49. The van der Waals surface area contributed by atoms with Crippen LogP contribution in [-0.2, 0) is 4.79 Å². The molecule has 2 heterocycles. The molecule has 2 unspecified atom stereocenters. The van der Waals surface area contributed by atoms with Gasteiger partial charge in [-0.15, -0.1) is 0 Å². The Morgan fingerprint density at radius 3 is 2.86 bits per heavy atom. The Bertz CT molecular complexity index is 207. The molecular formula is C11H20N2O. The fourth-order valence-electron chi connectivity index (χ4n) is 2.82. The van der Waals surface area contributed by atoms with Crippen molar-refractivity contribution in [3.63, 3.8) is 0 Å². The molecule has 0 N–H and O–H groups in total. The van der Waals surface area contributed by atoms with Crippen molar-refractivity contribution in [1.82, 2.24) is 9.80 Å². The molecule has 2 aliphatic heterocycles. The van der Waals surface area contributed by atoms with Gasteiger partial charge in [-0.3, -0.25) is 4.90 Å². The van der Waals surface area contributed by atoms with Gasteiger partial charge >= 0.3 is 0 Å². The van der Waals surface area contributed by atoms with Crippen LogP contribution in [0.2, 0.25) is 0 Å². The smallest absolute Gasteiger partial charge is 0.121 e. The summed E-state index contributed by atoms with van der Waals surface area (Å²) in [4.78, 5) is 15.3. The molecule has 0 amide bonds. The highest BCUT2D eigenvalue weighted by Gasteiger charge is 2.34. The summed E-state index contributed by atoms with van der Waals surface area (Å²) in [6, 6.07) is 1.55. The van der Waals surface area contributed by atoms with E-state index in [0.717, 1.165) is 24.9 Å². The second-order valence-corrected chi connectivity index (χ2v) is 4.60. The number of carbonyl (C=O) groups excluding carboxylic acids is 1. The number of likely N-dealkylation sites (N-methyl/N-ethyl adjacent to an activating group) is 1. The summed E-state index contributed by atoms with van der Waals surface area (Å²) in [7, 11) is 2.26. The first-order valence-corrected chi connectivity index (χ1v) is 5.69. The summed E-state index contributed by atoms with van der Waals surface area (Å²) in [5.41, 5.74) is 0. The Kier molecular flexibility index (Phi) is 3.19. The first kappa shape index (κ1) is 10.1. The molecule has 2 saturated heterocycles. The predicted octanol–water partition coefficient (Wildman–Crippen LogP) is 0.744. The number of fused-ring (bicyclic) bond motifs is 2. The van der Waals surface area contributed by atoms with Gasteiger partial charge in [0.15, 0.2) is 0 Å². The van der Waals surface area contributed by atoms with Gasteiger partial charge in [0.05, 0.1) is 0 Å². The molecule has 14 heavy (non-hydrogen) atoms. The summed E-state index contributed by atoms with van der Waals surface area (Å²) >= 11 is 0. The van der Waals surface area contributed by atoms with E-state index < -0.39 is 0 Å². The average molecular weight is 196 g/mol. The molecule has 2 atom stereocenters. The first-order valence-electron chi connectivity index (χ1n) is 5.69. The summed E-state index contributed by atoms with van der Waals surface area (Å²) in [6.07, 6.45) is 5.74. The molecule has 2 bridgehead atoms. The number of aldehydes is 1. The minimum Gasteiger partial charge on any atom is -0.303 e. The standard InChI is InChI=1S/C11H20N2O/c1-12-10-3-4-11(12)9-13(7-5-10)6-2-8-14/h8,10-11H,2-7,9H2,1H3. The number of rotatable bonds is 3. The van der Waals surface area contributed by atoms with Crippen molar-refractivity contribution in [2.45, 2.75) is 37.8 Å². The lowest BCUT2D eigenvalue weighted by molar-refractivity contribution is -0.108. The third-order valence-corrected chi connectivity index (χ3v) is 3.80. The molecule has 0 aromatic heterocycles. The molecule has 2 fully saturated rings. The van der Waals surface area contributed by atoms with Crippen LogP contribution in [0.25, 0.3) is 0 Å². The monoisotopic (exact) mass is 196 g/mol. The van der Waals surface area contributed by atoms with Gasteiger partial charge in [0.1, 0.15) is 6.29 Å². The molecule has 3 heteroatoms. The van der Waals surface area contributed by atoms with E-state index in [1.54, 1.807) is 0 Å². The number of nitrogens with zero attached hydrogens (tertiary/aromatic N) is 2. The molecule has 2 rings (SSSR count). The highest BCUT2D eigenvalue weighted by Crippen LogP contribution is 2.28. The Labute approximate surface area is 86.1 Å². The Morgan fingerprint density at radius 2 is 2.07 bits per heavy atom. The summed E-state index contributed by atoms with van der Waals surface area (Å²) in [5.74, 6) is 0. The minimum absolute atomic E-state index is 0.696.